The molecule has 2 rings (SSSR count). The lowest BCUT2D eigenvalue weighted by molar-refractivity contribution is -0.0744. The molecule has 196 valence electrons. The maximum absolute atomic E-state index is 12.2. The van der Waals surface area contributed by atoms with E-state index in [4.69, 9.17) is 14.0 Å². The third kappa shape index (κ3) is 9.76. The second-order valence-corrected chi connectivity index (χ2v) is 9.61. The van der Waals surface area contributed by atoms with Crippen molar-refractivity contribution in [3.05, 3.63) is 33.1 Å². The first-order chi connectivity index (χ1) is 16.5. The van der Waals surface area contributed by atoms with Crippen LogP contribution in [0.1, 0.15) is 90.2 Å². The number of aliphatic hydroxyl groups is 1. The monoisotopic (exact) mass is 504 g/mol. The summed E-state index contributed by atoms with van der Waals surface area (Å²) in [5.41, 5.74) is -1.26. The number of hydrogen-bond acceptors (Lipinski definition) is 7. The maximum Gasteiger partial charge on any atom is 0.330 e. The lowest BCUT2D eigenvalue weighted by atomic mass is 10.1. The van der Waals surface area contributed by atoms with Gasteiger partial charge in [-0.3, -0.25) is 18.9 Å². The summed E-state index contributed by atoms with van der Waals surface area (Å²) in [5, 5.41) is 9.65. The summed E-state index contributed by atoms with van der Waals surface area (Å²) in [7, 11) is -3.34. The Morgan fingerprint density at radius 1 is 1.00 bits per heavy atom. The zero-order valence-electron chi connectivity index (χ0n) is 20.2. The van der Waals surface area contributed by atoms with Gasteiger partial charge in [-0.1, -0.05) is 77.6 Å². The van der Waals surface area contributed by atoms with Crippen LogP contribution in [0.4, 0.5) is 0 Å². The van der Waals surface area contributed by atoms with Gasteiger partial charge >= 0.3 is 13.9 Å². The van der Waals surface area contributed by atoms with Crippen molar-refractivity contribution in [3.63, 3.8) is 0 Å². The van der Waals surface area contributed by atoms with Gasteiger partial charge in [-0.25, -0.2) is 4.79 Å². The molecule has 3 N–H and O–H groups in total. The Hall–Kier alpha value is -1.29. The quantitative estimate of drug-likeness (QED) is 0.204. The van der Waals surface area contributed by atoms with Crippen LogP contribution in [0.3, 0.4) is 0 Å². The van der Waals surface area contributed by atoms with Crippen LogP contribution < -0.4 is 11.2 Å². The number of aromatic amines is 1. The fourth-order valence-electron chi connectivity index (χ4n) is 4.31. The number of ether oxygens (including phenoxy) is 2. The number of rotatable bonds is 18. The minimum atomic E-state index is -3.34. The van der Waals surface area contributed by atoms with E-state index in [9.17, 15) is 24.2 Å². The van der Waals surface area contributed by atoms with E-state index in [1.54, 1.807) is 0 Å². The third-order valence-corrected chi connectivity index (χ3v) is 6.61. The Kier molecular flexibility index (Phi) is 14.0. The third-order valence-electron chi connectivity index (χ3n) is 6.14. The molecule has 11 heteroatoms. The summed E-state index contributed by atoms with van der Waals surface area (Å²) in [6.45, 7) is 2.10. The topological polar surface area (TPSA) is 140 Å². The largest absolute Gasteiger partial charge is 0.394 e. The number of H-pyrrole nitrogens is 1. The highest BCUT2D eigenvalue weighted by Gasteiger charge is 2.48. The molecule has 0 radical (unpaired) electrons. The Morgan fingerprint density at radius 3 is 2.12 bits per heavy atom. The molecule has 1 aliphatic rings. The molecule has 1 aromatic heterocycles. The zero-order chi connectivity index (χ0) is 24.8. The summed E-state index contributed by atoms with van der Waals surface area (Å²) >= 11 is 0. The first-order valence-corrected chi connectivity index (χ1v) is 13.8. The molecule has 0 aromatic carbocycles. The average molecular weight is 505 g/mol. The van der Waals surface area contributed by atoms with E-state index in [0.29, 0.717) is 6.61 Å². The molecule has 0 bridgehead atoms. The lowest BCUT2D eigenvalue weighted by Gasteiger charge is -2.24. The van der Waals surface area contributed by atoms with Crippen molar-refractivity contribution in [1.29, 1.82) is 0 Å². The van der Waals surface area contributed by atoms with Gasteiger partial charge in [0, 0.05) is 18.9 Å². The van der Waals surface area contributed by atoms with Crippen LogP contribution in [0.2, 0.25) is 0 Å². The normalized spacial score (nSPS) is 23.4. The van der Waals surface area contributed by atoms with Crippen molar-refractivity contribution in [1.82, 2.24) is 9.55 Å². The highest BCUT2D eigenvalue weighted by atomic mass is 31.1. The standard InChI is InChI=1S/C23H41N2O8P/c1-2-3-4-5-6-7-8-9-10-11-12-13-16-31-21-20(33-34(29)30)18(17-26)32-22(21)25-15-14-19(27)24-23(25)28/h14-15,18,20-22,26,34H,2-13,16-17H2,1H3,(H,29,30)(H,24,27,28)/t18-,20?,21?,22-/m1/s1. The van der Waals surface area contributed by atoms with Crippen LogP contribution in [-0.4, -0.2) is 51.1 Å². The molecule has 2 heterocycles. The predicted octanol–water partition coefficient (Wildman–Crippen LogP) is 3.28. The molecule has 5 atom stereocenters. The van der Waals surface area contributed by atoms with Crippen molar-refractivity contribution in [3.8, 4) is 0 Å². The van der Waals surface area contributed by atoms with Crippen molar-refractivity contribution in [2.45, 2.75) is 109 Å². The van der Waals surface area contributed by atoms with Crippen LogP contribution in [0.15, 0.2) is 21.9 Å². The number of nitrogens with zero attached hydrogens (tertiary/aromatic N) is 1. The molecule has 3 unspecified atom stereocenters. The van der Waals surface area contributed by atoms with Crippen molar-refractivity contribution in [2.24, 2.45) is 0 Å². The van der Waals surface area contributed by atoms with Crippen LogP contribution in [0.25, 0.3) is 0 Å². The maximum atomic E-state index is 12.2. The number of aliphatic hydroxyl groups excluding tert-OH is 1. The Bertz CT molecular complexity index is 830. The van der Waals surface area contributed by atoms with E-state index in [0.717, 1.165) is 23.8 Å². The summed E-state index contributed by atoms with van der Waals surface area (Å²) in [6.07, 6.45) is 11.9. The molecule has 1 fully saturated rings. The molecule has 10 nitrogen and oxygen atoms in total. The number of unbranched alkanes of at least 4 members (excludes halogenated alkanes) is 11. The first-order valence-electron chi connectivity index (χ1n) is 12.6. The van der Waals surface area contributed by atoms with Gasteiger partial charge in [-0.05, 0) is 6.42 Å². The van der Waals surface area contributed by atoms with E-state index in [2.05, 4.69) is 11.9 Å². The van der Waals surface area contributed by atoms with E-state index in [1.807, 2.05) is 0 Å². The van der Waals surface area contributed by atoms with Gasteiger partial charge < -0.3 is 24.0 Å². The summed E-state index contributed by atoms with van der Waals surface area (Å²) in [4.78, 5) is 35.1. The Balaban J connectivity index is 1.79. The number of aromatic nitrogens is 2. The van der Waals surface area contributed by atoms with E-state index in [1.165, 1.54) is 70.1 Å². The Morgan fingerprint density at radius 2 is 1.59 bits per heavy atom. The van der Waals surface area contributed by atoms with Gasteiger partial charge in [-0.2, -0.15) is 0 Å². The molecule has 0 spiro atoms. The number of nitrogens with one attached hydrogen (secondary N) is 1. The predicted molar refractivity (Wildman–Crippen MR) is 129 cm³/mol. The fraction of sp³-hybridized carbons (Fsp3) is 0.826. The van der Waals surface area contributed by atoms with Gasteiger partial charge in [0.25, 0.3) is 5.56 Å². The van der Waals surface area contributed by atoms with Crippen LogP contribution in [-0.2, 0) is 18.6 Å². The van der Waals surface area contributed by atoms with E-state index in [-0.39, 0.29) is 0 Å². The molecule has 1 aliphatic heterocycles. The molecule has 1 saturated heterocycles. The van der Waals surface area contributed by atoms with Gasteiger partial charge in [0.1, 0.15) is 18.3 Å². The smallest absolute Gasteiger partial charge is 0.330 e. The molecule has 34 heavy (non-hydrogen) atoms. The second kappa shape index (κ2) is 16.4. The van der Waals surface area contributed by atoms with Crippen LogP contribution in [0.5, 0.6) is 0 Å². The summed E-state index contributed by atoms with van der Waals surface area (Å²) in [6, 6.07) is 1.17. The van der Waals surface area contributed by atoms with Gasteiger partial charge in [-0.15, -0.1) is 0 Å². The lowest BCUT2D eigenvalue weighted by Crippen LogP contribution is -2.40. The highest BCUT2D eigenvalue weighted by Crippen LogP contribution is 2.37. The summed E-state index contributed by atoms with van der Waals surface area (Å²) < 4.78 is 29.3. The van der Waals surface area contributed by atoms with Gasteiger partial charge in [0.2, 0.25) is 0 Å². The molecular formula is C23H41N2O8P. The van der Waals surface area contributed by atoms with Crippen molar-refractivity contribution < 1.29 is 28.6 Å². The minimum absolute atomic E-state index is 0.352. The van der Waals surface area contributed by atoms with Crippen LogP contribution in [0, 0.1) is 0 Å². The SMILES string of the molecule is CCCCCCCCCCCCCCOC1C(O[PH](=O)O)[C@@H](CO)O[C@H]1n1ccc(=O)[nH]c1=O. The molecule has 0 aliphatic carbocycles. The molecule has 0 saturated carbocycles. The van der Waals surface area contributed by atoms with Crippen molar-refractivity contribution in [2.75, 3.05) is 13.2 Å². The average Bonchev–Trinajstić information content (AvgIpc) is 3.13. The second-order valence-electron chi connectivity index (χ2n) is 8.84. The van der Waals surface area contributed by atoms with E-state index >= 15 is 0 Å². The molecule has 1 aromatic rings. The van der Waals surface area contributed by atoms with Crippen molar-refractivity contribution >= 4 is 8.25 Å². The minimum Gasteiger partial charge on any atom is -0.394 e. The summed E-state index contributed by atoms with van der Waals surface area (Å²) in [5.74, 6) is 0. The van der Waals surface area contributed by atoms with E-state index < -0.39 is 50.7 Å². The zero-order valence-corrected chi connectivity index (χ0v) is 21.2. The highest BCUT2D eigenvalue weighted by molar-refractivity contribution is 7.32. The van der Waals surface area contributed by atoms with Gasteiger partial charge in [0.05, 0.1) is 6.61 Å². The number of hydrogen-bond donors (Lipinski definition) is 3. The fourth-order valence-corrected chi connectivity index (χ4v) is 4.82. The molecule has 0 amide bonds. The molecular weight excluding hydrogens is 463 g/mol. The van der Waals surface area contributed by atoms with Crippen LogP contribution >= 0.6 is 8.25 Å². The Labute approximate surface area is 201 Å². The first kappa shape index (κ1) is 28.9. The van der Waals surface area contributed by atoms with Gasteiger partial charge in [0.15, 0.2) is 6.23 Å².